The fourth-order valence-electron chi connectivity index (χ4n) is 2.00. The molecule has 1 rings (SSSR count). The molecule has 1 unspecified atom stereocenters. The van der Waals surface area contributed by atoms with Crippen LogP contribution in [0, 0.1) is 0 Å². The van der Waals surface area contributed by atoms with Crippen molar-refractivity contribution in [3.05, 3.63) is 35.9 Å². The Kier molecular flexibility index (Phi) is 6.41. The van der Waals surface area contributed by atoms with Crippen molar-refractivity contribution in [1.29, 1.82) is 0 Å². The molecule has 1 amide bonds. The molecule has 0 aliphatic heterocycles. The van der Waals surface area contributed by atoms with Gasteiger partial charge in [-0.2, -0.15) is 13.2 Å². The Morgan fingerprint density at radius 3 is 2.18 bits per heavy atom. The van der Waals surface area contributed by atoms with Gasteiger partial charge in [0.1, 0.15) is 0 Å². The topological polar surface area (TPSA) is 41.1 Å². The summed E-state index contributed by atoms with van der Waals surface area (Å²) in [6.07, 6.45) is -5.04. The maximum atomic E-state index is 13.1. The molecule has 22 heavy (non-hydrogen) atoms. The minimum Gasteiger partial charge on any atom is -0.355 e. The largest absolute Gasteiger partial charge is 0.396 e. The summed E-state index contributed by atoms with van der Waals surface area (Å²) in [7, 11) is 0. The smallest absolute Gasteiger partial charge is 0.355 e. The van der Waals surface area contributed by atoms with E-state index in [0.717, 1.165) is 0 Å². The van der Waals surface area contributed by atoms with E-state index >= 15 is 0 Å². The molecule has 124 valence electrons. The van der Waals surface area contributed by atoms with Crippen molar-refractivity contribution < 1.29 is 18.0 Å². The molecule has 1 aromatic rings. The van der Waals surface area contributed by atoms with Crippen molar-refractivity contribution in [2.75, 3.05) is 13.1 Å². The zero-order chi connectivity index (χ0) is 16.8. The second-order valence-corrected chi connectivity index (χ2v) is 6.24. The van der Waals surface area contributed by atoms with Gasteiger partial charge in [0, 0.05) is 25.0 Å². The van der Waals surface area contributed by atoms with Crippen LogP contribution in [0.5, 0.6) is 0 Å². The van der Waals surface area contributed by atoms with Crippen LogP contribution in [0.15, 0.2) is 30.3 Å². The zero-order valence-corrected chi connectivity index (χ0v) is 13.1. The molecule has 6 heteroatoms. The number of carbonyl (C=O) groups is 1. The van der Waals surface area contributed by atoms with Gasteiger partial charge in [-0.15, -0.1) is 0 Å². The Bertz CT molecular complexity index is 467. The highest BCUT2D eigenvalue weighted by Crippen LogP contribution is 2.37. The minimum absolute atomic E-state index is 0.0940. The normalized spacial score (nSPS) is 13.7. The maximum absolute atomic E-state index is 13.1. The summed E-state index contributed by atoms with van der Waals surface area (Å²) in [5.41, 5.74) is 0.0153. The number of halogens is 3. The molecular weight excluding hydrogens is 293 g/mol. The van der Waals surface area contributed by atoms with Crippen LogP contribution in [-0.2, 0) is 4.79 Å². The van der Waals surface area contributed by atoms with Crippen LogP contribution < -0.4 is 10.6 Å². The van der Waals surface area contributed by atoms with Gasteiger partial charge >= 0.3 is 6.18 Å². The third-order valence-electron chi connectivity index (χ3n) is 3.09. The first-order valence-corrected chi connectivity index (χ1v) is 7.23. The molecule has 0 spiro atoms. The van der Waals surface area contributed by atoms with Gasteiger partial charge in [-0.1, -0.05) is 30.3 Å². The van der Waals surface area contributed by atoms with E-state index in [-0.39, 0.29) is 11.1 Å². The van der Waals surface area contributed by atoms with E-state index in [9.17, 15) is 18.0 Å². The van der Waals surface area contributed by atoms with Crippen LogP contribution in [0.1, 0.15) is 38.7 Å². The standard InChI is InChI=1S/C16H23F3N2O/c1-15(2,3)21-10-9-20-14(22)11-13(16(17,18)19)12-7-5-4-6-8-12/h4-8,13,21H,9-11H2,1-3H3,(H,20,22). The number of hydrogen-bond acceptors (Lipinski definition) is 2. The molecule has 1 atom stereocenters. The van der Waals surface area contributed by atoms with Crippen LogP contribution in [-0.4, -0.2) is 30.7 Å². The number of carbonyl (C=O) groups excluding carboxylic acids is 1. The molecule has 0 fully saturated rings. The van der Waals surface area contributed by atoms with Gasteiger partial charge in [0.2, 0.25) is 5.91 Å². The van der Waals surface area contributed by atoms with Crippen LogP contribution in [0.3, 0.4) is 0 Å². The quantitative estimate of drug-likeness (QED) is 0.791. The van der Waals surface area contributed by atoms with Gasteiger partial charge in [-0.25, -0.2) is 0 Å². The van der Waals surface area contributed by atoms with Crippen molar-refractivity contribution in [2.45, 2.75) is 44.8 Å². The van der Waals surface area contributed by atoms with E-state index in [1.807, 2.05) is 20.8 Å². The Balaban J connectivity index is 2.55. The molecule has 0 saturated heterocycles. The van der Waals surface area contributed by atoms with Gasteiger partial charge in [0.25, 0.3) is 0 Å². The summed E-state index contributed by atoms with van der Waals surface area (Å²) in [6.45, 7) is 6.74. The molecular formula is C16H23F3N2O. The summed E-state index contributed by atoms with van der Waals surface area (Å²) < 4.78 is 39.4. The van der Waals surface area contributed by atoms with E-state index in [2.05, 4.69) is 10.6 Å². The van der Waals surface area contributed by atoms with E-state index in [1.165, 1.54) is 12.1 Å². The second kappa shape index (κ2) is 7.63. The summed E-state index contributed by atoms with van der Waals surface area (Å²) >= 11 is 0. The van der Waals surface area contributed by atoms with Crippen LogP contribution in [0.2, 0.25) is 0 Å². The lowest BCUT2D eigenvalue weighted by Gasteiger charge is -2.22. The number of amides is 1. The van der Waals surface area contributed by atoms with E-state index in [1.54, 1.807) is 18.2 Å². The third kappa shape index (κ3) is 6.93. The first-order valence-electron chi connectivity index (χ1n) is 7.23. The van der Waals surface area contributed by atoms with Gasteiger partial charge in [0.05, 0.1) is 5.92 Å². The van der Waals surface area contributed by atoms with Gasteiger partial charge in [-0.05, 0) is 26.3 Å². The number of alkyl halides is 3. The monoisotopic (exact) mass is 316 g/mol. The lowest BCUT2D eigenvalue weighted by Crippen LogP contribution is -2.41. The van der Waals surface area contributed by atoms with E-state index in [4.69, 9.17) is 0 Å². The number of hydrogen-bond donors (Lipinski definition) is 2. The first-order chi connectivity index (χ1) is 10.1. The number of benzene rings is 1. The molecule has 0 saturated carbocycles. The highest BCUT2D eigenvalue weighted by Gasteiger charge is 2.41. The Labute approximate surface area is 129 Å². The molecule has 2 N–H and O–H groups in total. The first kappa shape index (κ1) is 18.5. The molecule has 0 aliphatic carbocycles. The molecule has 0 heterocycles. The SMILES string of the molecule is CC(C)(C)NCCNC(=O)CC(c1ccccc1)C(F)(F)F. The van der Waals surface area contributed by atoms with Crippen molar-refractivity contribution in [2.24, 2.45) is 0 Å². The average molecular weight is 316 g/mol. The van der Waals surface area contributed by atoms with E-state index in [0.29, 0.717) is 13.1 Å². The molecule has 0 bridgehead atoms. The molecule has 0 aliphatic rings. The van der Waals surface area contributed by atoms with E-state index < -0.39 is 24.4 Å². The highest BCUT2D eigenvalue weighted by molar-refractivity contribution is 5.77. The summed E-state index contributed by atoms with van der Waals surface area (Å²) in [5.74, 6) is -2.37. The number of rotatable bonds is 6. The van der Waals surface area contributed by atoms with Crippen LogP contribution in [0.25, 0.3) is 0 Å². The van der Waals surface area contributed by atoms with Gasteiger partial charge in [0.15, 0.2) is 0 Å². The second-order valence-electron chi connectivity index (χ2n) is 6.24. The number of nitrogens with one attached hydrogen (secondary N) is 2. The lowest BCUT2D eigenvalue weighted by molar-refractivity contribution is -0.157. The third-order valence-corrected chi connectivity index (χ3v) is 3.09. The van der Waals surface area contributed by atoms with Crippen molar-refractivity contribution >= 4 is 5.91 Å². The molecule has 0 aromatic heterocycles. The van der Waals surface area contributed by atoms with Crippen molar-refractivity contribution in [3.8, 4) is 0 Å². The molecule has 3 nitrogen and oxygen atoms in total. The summed E-state index contributed by atoms with van der Waals surface area (Å²) in [5, 5.41) is 5.68. The van der Waals surface area contributed by atoms with Crippen LogP contribution in [0.4, 0.5) is 13.2 Å². The fourth-order valence-corrected chi connectivity index (χ4v) is 2.00. The fraction of sp³-hybridized carbons (Fsp3) is 0.562. The van der Waals surface area contributed by atoms with Crippen LogP contribution >= 0.6 is 0 Å². The Hall–Kier alpha value is -1.56. The maximum Gasteiger partial charge on any atom is 0.396 e. The lowest BCUT2D eigenvalue weighted by atomic mass is 9.95. The predicted octanol–water partition coefficient (Wildman–Crippen LogP) is 3.23. The van der Waals surface area contributed by atoms with Gasteiger partial charge in [-0.3, -0.25) is 4.79 Å². The average Bonchev–Trinajstić information content (AvgIpc) is 2.40. The molecule has 0 radical (unpaired) electrons. The summed E-state index contributed by atoms with van der Waals surface area (Å²) in [4.78, 5) is 11.8. The predicted molar refractivity (Wildman–Crippen MR) is 80.6 cm³/mol. The Morgan fingerprint density at radius 2 is 1.68 bits per heavy atom. The van der Waals surface area contributed by atoms with Crippen molar-refractivity contribution in [3.63, 3.8) is 0 Å². The van der Waals surface area contributed by atoms with Gasteiger partial charge < -0.3 is 10.6 Å². The summed E-state index contributed by atoms with van der Waals surface area (Å²) in [6, 6.07) is 7.52. The Morgan fingerprint density at radius 1 is 1.09 bits per heavy atom. The molecule has 1 aromatic carbocycles. The van der Waals surface area contributed by atoms with Crippen molar-refractivity contribution in [1.82, 2.24) is 10.6 Å². The zero-order valence-electron chi connectivity index (χ0n) is 13.1. The highest BCUT2D eigenvalue weighted by atomic mass is 19.4. The minimum atomic E-state index is -4.44.